The topological polar surface area (TPSA) is 85.4 Å². The van der Waals surface area contributed by atoms with E-state index in [9.17, 15) is 4.79 Å². The first-order valence-electron chi connectivity index (χ1n) is 5.18. The molecule has 17 heavy (non-hydrogen) atoms. The SMILES string of the molecule is CCOc1cc(C(=O)O)c(N)c2ncccc12. The maximum absolute atomic E-state index is 11.1. The molecule has 5 nitrogen and oxygen atoms in total. The van der Waals surface area contributed by atoms with Gasteiger partial charge in [-0.2, -0.15) is 0 Å². The number of nitrogens with two attached hydrogens (primary N) is 1. The van der Waals surface area contributed by atoms with Crippen LogP contribution in [0, 0.1) is 0 Å². The molecule has 0 amide bonds. The van der Waals surface area contributed by atoms with E-state index in [0.717, 1.165) is 5.39 Å². The Kier molecular flexibility index (Phi) is 2.82. The first-order chi connectivity index (χ1) is 8.15. The Morgan fingerprint density at radius 2 is 2.35 bits per heavy atom. The van der Waals surface area contributed by atoms with E-state index in [-0.39, 0.29) is 11.3 Å². The van der Waals surface area contributed by atoms with Gasteiger partial charge in [-0.15, -0.1) is 0 Å². The van der Waals surface area contributed by atoms with E-state index >= 15 is 0 Å². The number of nitrogens with zero attached hydrogens (tertiary/aromatic N) is 1. The van der Waals surface area contributed by atoms with Crippen LogP contribution in [0.15, 0.2) is 24.4 Å². The van der Waals surface area contributed by atoms with Gasteiger partial charge in [-0.05, 0) is 25.1 Å². The second-order valence-corrected chi connectivity index (χ2v) is 3.47. The van der Waals surface area contributed by atoms with E-state index < -0.39 is 5.97 Å². The van der Waals surface area contributed by atoms with Gasteiger partial charge < -0.3 is 15.6 Å². The number of carboxylic acid groups (broad SMARTS) is 1. The molecule has 1 aromatic heterocycles. The highest BCUT2D eigenvalue weighted by Crippen LogP contribution is 2.31. The van der Waals surface area contributed by atoms with E-state index in [1.807, 2.05) is 6.92 Å². The van der Waals surface area contributed by atoms with Crippen LogP contribution in [0.25, 0.3) is 10.9 Å². The lowest BCUT2D eigenvalue weighted by molar-refractivity contribution is 0.0697. The lowest BCUT2D eigenvalue weighted by Crippen LogP contribution is -2.05. The van der Waals surface area contributed by atoms with Gasteiger partial charge in [0.2, 0.25) is 0 Å². The van der Waals surface area contributed by atoms with Gasteiger partial charge >= 0.3 is 5.97 Å². The molecule has 1 aromatic carbocycles. The maximum Gasteiger partial charge on any atom is 0.338 e. The van der Waals surface area contributed by atoms with Gasteiger partial charge in [-0.1, -0.05) is 0 Å². The quantitative estimate of drug-likeness (QED) is 0.789. The van der Waals surface area contributed by atoms with Crippen molar-refractivity contribution in [3.8, 4) is 5.75 Å². The molecule has 3 N–H and O–H groups in total. The first kappa shape index (κ1) is 11.2. The minimum atomic E-state index is -1.09. The Balaban J connectivity index is 2.79. The van der Waals surface area contributed by atoms with Crippen LogP contribution in [0.5, 0.6) is 5.75 Å². The molecule has 0 bridgehead atoms. The Labute approximate surface area is 97.8 Å². The number of ether oxygens (including phenoxy) is 1. The number of aromatic nitrogens is 1. The second kappa shape index (κ2) is 4.29. The van der Waals surface area contributed by atoms with E-state index in [1.54, 1.807) is 18.3 Å². The highest BCUT2D eigenvalue weighted by atomic mass is 16.5. The molecule has 1 heterocycles. The van der Waals surface area contributed by atoms with Gasteiger partial charge in [-0.25, -0.2) is 4.79 Å². The number of benzene rings is 1. The molecule has 0 aliphatic heterocycles. The maximum atomic E-state index is 11.1. The van der Waals surface area contributed by atoms with Crippen LogP contribution in [-0.4, -0.2) is 22.7 Å². The molecule has 0 aliphatic rings. The van der Waals surface area contributed by atoms with Crippen molar-refractivity contribution in [2.24, 2.45) is 0 Å². The van der Waals surface area contributed by atoms with Crippen molar-refractivity contribution in [3.63, 3.8) is 0 Å². The second-order valence-electron chi connectivity index (χ2n) is 3.47. The Morgan fingerprint density at radius 3 is 3.00 bits per heavy atom. The normalized spacial score (nSPS) is 10.4. The molecule has 0 fully saturated rings. The number of fused-ring (bicyclic) bond motifs is 1. The van der Waals surface area contributed by atoms with Crippen molar-refractivity contribution in [1.29, 1.82) is 0 Å². The van der Waals surface area contributed by atoms with Crippen LogP contribution < -0.4 is 10.5 Å². The molecule has 0 spiro atoms. The third-order valence-corrected chi connectivity index (χ3v) is 2.42. The number of rotatable bonds is 3. The highest BCUT2D eigenvalue weighted by Gasteiger charge is 2.15. The minimum Gasteiger partial charge on any atom is -0.493 e. The fourth-order valence-electron chi connectivity index (χ4n) is 1.68. The summed E-state index contributed by atoms with van der Waals surface area (Å²) in [6.45, 7) is 2.28. The number of carboxylic acids is 1. The van der Waals surface area contributed by atoms with Crippen LogP contribution in [-0.2, 0) is 0 Å². The fraction of sp³-hybridized carbons (Fsp3) is 0.167. The molecule has 0 unspecified atom stereocenters. The molecule has 0 saturated carbocycles. The number of hydrogen-bond acceptors (Lipinski definition) is 4. The predicted octanol–water partition coefficient (Wildman–Crippen LogP) is 1.91. The van der Waals surface area contributed by atoms with Crippen molar-refractivity contribution in [1.82, 2.24) is 4.98 Å². The summed E-state index contributed by atoms with van der Waals surface area (Å²) in [7, 11) is 0. The summed E-state index contributed by atoms with van der Waals surface area (Å²) in [5, 5.41) is 9.77. The summed E-state index contributed by atoms with van der Waals surface area (Å²) in [5.41, 5.74) is 6.42. The minimum absolute atomic E-state index is 0.0136. The molecule has 5 heteroatoms. The first-order valence-corrected chi connectivity index (χ1v) is 5.18. The Hall–Kier alpha value is -2.30. The largest absolute Gasteiger partial charge is 0.493 e. The molecule has 0 aliphatic carbocycles. The third kappa shape index (κ3) is 1.87. The average Bonchev–Trinajstić information content (AvgIpc) is 2.33. The lowest BCUT2D eigenvalue weighted by atomic mass is 10.1. The van der Waals surface area contributed by atoms with Gasteiger partial charge in [0, 0.05) is 11.6 Å². The van der Waals surface area contributed by atoms with Crippen molar-refractivity contribution in [2.75, 3.05) is 12.3 Å². The molecule has 0 atom stereocenters. The van der Waals surface area contributed by atoms with Crippen LogP contribution in [0.4, 0.5) is 5.69 Å². The molecule has 0 saturated heterocycles. The van der Waals surface area contributed by atoms with Crippen LogP contribution >= 0.6 is 0 Å². The number of pyridine rings is 1. The van der Waals surface area contributed by atoms with Crippen molar-refractivity contribution in [2.45, 2.75) is 6.92 Å². The van der Waals surface area contributed by atoms with E-state index in [4.69, 9.17) is 15.6 Å². The zero-order valence-corrected chi connectivity index (χ0v) is 9.30. The van der Waals surface area contributed by atoms with Crippen LogP contribution in [0.3, 0.4) is 0 Å². The molecule has 0 radical (unpaired) electrons. The number of carbonyl (C=O) groups is 1. The summed E-state index contributed by atoms with van der Waals surface area (Å²) < 4.78 is 5.41. The molecule has 2 rings (SSSR count). The van der Waals surface area contributed by atoms with E-state index in [1.165, 1.54) is 6.07 Å². The van der Waals surface area contributed by atoms with Gasteiger partial charge in [-0.3, -0.25) is 4.98 Å². The molecular weight excluding hydrogens is 220 g/mol. The fourth-order valence-corrected chi connectivity index (χ4v) is 1.68. The van der Waals surface area contributed by atoms with E-state index in [2.05, 4.69) is 4.98 Å². The molecular formula is C12H12N2O3. The third-order valence-electron chi connectivity index (χ3n) is 2.42. The van der Waals surface area contributed by atoms with Gasteiger partial charge in [0.05, 0.1) is 23.4 Å². The van der Waals surface area contributed by atoms with Gasteiger partial charge in [0.15, 0.2) is 0 Å². The zero-order chi connectivity index (χ0) is 12.4. The highest BCUT2D eigenvalue weighted by molar-refractivity contribution is 6.05. The number of hydrogen-bond donors (Lipinski definition) is 2. The zero-order valence-electron chi connectivity index (χ0n) is 9.30. The van der Waals surface area contributed by atoms with Crippen LogP contribution in [0.2, 0.25) is 0 Å². The standard InChI is InChI=1S/C12H12N2O3/c1-2-17-9-6-8(12(15)16)10(13)11-7(9)4-3-5-14-11/h3-6H,2,13H2,1H3,(H,15,16). The summed E-state index contributed by atoms with van der Waals surface area (Å²) in [6.07, 6.45) is 1.57. The Bertz CT molecular complexity index is 581. The number of aromatic carboxylic acids is 1. The Morgan fingerprint density at radius 1 is 1.59 bits per heavy atom. The van der Waals surface area contributed by atoms with E-state index in [0.29, 0.717) is 17.9 Å². The predicted molar refractivity (Wildman–Crippen MR) is 64.3 cm³/mol. The number of nitrogen functional groups attached to an aromatic ring is 1. The molecule has 88 valence electrons. The monoisotopic (exact) mass is 232 g/mol. The van der Waals surface area contributed by atoms with Crippen molar-refractivity contribution in [3.05, 3.63) is 30.0 Å². The van der Waals surface area contributed by atoms with Crippen molar-refractivity contribution >= 4 is 22.6 Å². The summed E-state index contributed by atoms with van der Waals surface area (Å²) in [5.74, 6) is -0.599. The summed E-state index contributed by atoms with van der Waals surface area (Å²) >= 11 is 0. The summed E-state index contributed by atoms with van der Waals surface area (Å²) in [6, 6.07) is 4.99. The number of anilines is 1. The average molecular weight is 232 g/mol. The smallest absolute Gasteiger partial charge is 0.338 e. The van der Waals surface area contributed by atoms with Gasteiger partial charge in [0.1, 0.15) is 5.75 Å². The van der Waals surface area contributed by atoms with Crippen molar-refractivity contribution < 1.29 is 14.6 Å². The van der Waals surface area contributed by atoms with Crippen LogP contribution in [0.1, 0.15) is 17.3 Å². The lowest BCUT2D eigenvalue weighted by Gasteiger charge is -2.11. The molecule has 2 aromatic rings. The van der Waals surface area contributed by atoms with Gasteiger partial charge in [0.25, 0.3) is 0 Å². The summed E-state index contributed by atoms with van der Waals surface area (Å²) in [4.78, 5) is 15.2.